The lowest BCUT2D eigenvalue weighted by Crippen LogP contribution is -1.94. The van der Waals surface area contributed by atoms with Crippen LogP contribution < -0.4 is 0 Å². The quantitative estimate of drug-likeness (QED) is 0.551. The first kappa shape index (κ1) is 8.25. The molecular weight excluding hydrogens is 136 g/mol. The zero-order valence-electron chi connectivity index (χ0n) is 7.05. The number of carbonyl (C=O) groups excluding carboxylic acids is 1. The summed E-state index contributed by atoms with van der Waals surface area (Å²) in [6.45, 7) is 3.97. The Balaban J connectivity index is 2.67. The molecule has 0 saturated carbocycles. The second-order valence-corrected chi connectivity index (χ2v) is 2.77. The Morgan fingerprint density at radius 3 is 2.82 bits per heavy atom. The highest BCUT2D eigenvalue weighted by atomic mass is 16.1. The monoisotopic (exact) mass is 149 g/mol. The van der Waals surface area contributed by atoms with Crippen molar-refractivity contribution < 1.29 is 4.79 Å². The van der Waals surface area contributed by atoms with Crippen LogP contribution in [0.3, 0.4) is 0 Å². The number of carbonyl (C=O) groups is 1. The minimum atomic E-state index is 0.292. The Hall–Kier alpha value is -0.850. The van der Waals surface area contributed by atoms with Gasteiger partial charge in [-0.15, -0.1) is 0 Å². The third kappa shape index (κ3) is 1.79. The molecule has 11 heavy (non-hydrogen) atoms. The van der Waals surface area contributed by atoms with E-state index in [4.69, 9.17) is 0 Å². The molecule has 0 spiro atoms. The summed E-state index contributed by atoms with van der Waals surface area (Å²) in [5.41, 5.74) is 2.15. The average molecular weight is 149 g/mol. The molecule has 0 aromatic rings. The highest BCUT2D eigenvalue weighted by molar-refractivity contribution is 6.00. The fourth-order valence-electron chi connectivity index (χ4n) is 1.22. The Morgan fingerprint density at radius 2 is 2.36 bits per heavy atom. The third-order valence-electron chi connectivity index (χ3n) is 1.96. The van der Waals surface area contributed by atoms with Gasteiger partial charge >= 0.3 is 0 Å². The van der Waals surface area contributed by atoms with E-state index in [0.717, 1.165) is 17.6 Å². The summed E-state index contributed by atoms with van der Waals surface area (Å²) in [4.78, 5) is 11.2. The predicted octanol–water partition coefficient (Wildman–Crippen LogP) is 2.45. The summed E-state index contributed by atoms with van der Waals surface area (Å²) in [6.07, 6.45) is 7.42. The normalized spacial score (nSPS) is 18.9. The van der Waals surface area contributed by atoms with Gasteiger partial charge in [0.15, 0.2) is 5.78 Å². The minimum Gasteiger partial charge on any atom is -0.295 e. The molecule has 0 fully saturated rings. The molecule has 0 N–H and O–H groups in total. The van der Waals surface area contributed by atoms with Gasteiger partial charge in [0.25, 0.3) is 0 Å². The molecular formula is C10H13O. The summed E-state index contributed by atoms with van der Waals surface area (Å²) in [6, 6.07) is 0. The molecule has 0 saturated heterocycles. The van der Waals surface area contributed by atoms with E-state index in [2.05, 4.69) is 0 Å². The summed E-state index contributed by atoms with van der Waals surface area (Å²) in [5, 5.41) is 0. The SMILES string of the molecule is CC=CCC1=C(C)[CH]CC1=O. The maximum atomic E-state index is 11.2. The lowest BCUT2D eigenvalue weighted by atomic mass is 10.1. The maximum absolute atomic E-state index is 11.2. The van der Waals surface area contributed by atoms with Crippen LogP contribution in [0.5, 0.6) is 0 Å². The van der Waals surface area contributed by atoms with E-state index in [0.29, 0.717) is 12.2 Å². The molecule has 1 aliphatic rings. The van der Waals surface area contributed by atoms with Crippen LogP contribution in [0.25, 0.3) is 0 Å². The van der Waals surface area contributed by atoms with E-state index in [1.165, 1.54) is 0 Å². The van der Waals surface area contributed by atoms with E-state index >= 15 is 0 Å². The van der Waals surface area contributed by atoms with Crippen LogP contribution in [0.15, 0.2) is 23.3 Å². The molecule has 0 atom stereocenters. The number of allylic oxidation sites excluding steroid dienone is 4. The van der Waals surface area contributed by atoms with Crippen molar-refractivity contribution in [3.05, 3.63) is 29.7 Å². The maximum Gasteiger partial charge on any atom is 0.159 e. The van der Waals surface area contributed by atoms with Gasteiger partial charge in [-0.1, -0.05) is 17.7 Å². The van der Waals surface area contributed by atoms with Crippen LogP contribution in [0, 0.1) is 6.42 Å². The van der Waals surface area contributed by atoms with E-state index in [1.54, 1.807) is 0 Å². The molecule has 0 amide bonds. The van der Waals surface area contributed by atoms with Crippen molar-refractivity contribution in [3.8, 4) is 0 Å². The molecule has 1 radical (unpaired) electrons. The molecule has 0 unspecified atom stereocenters. The van der Waals surface area contributed by atoms with Gasteiger partial charge in [0.2, 0.25) is 0 Å². The molecule has 0 aromatic carbocycles. The van der Waals surface area contributed by atoms with Crippen molar-refractivity contribution in [1.82, 2.24) is 0 Å². The van der Waals surface area contributed by atoms with Gasteiger partial charge in [-0.25, -0.2) is 0 Å². The van der Waals surface area contributed by atoms with Crippen LogP contribution in [-0.4, -0.2) is 5.78 Å². The van der Waals surface area contributed by atoms with Gasteiger partial charge in [-0.2, -0.15) is 0 Å². The van der Waals surface area contributed by atoms with Gasteiger partial charge in [0.1, 0.15) is 0 Å². The van der Waals surface area contributed by atoms with Crippen molar-refractivity contribution >= 4 is 5.78 Å². The van der Waals surface area contributed by atoms with E-state index in [1.807, 2.05) is 32.4 Å². The minimum absolute atomic E-state index is 0.292. The lowest BCUT2D eigenvalue weighted by Gasteiger charge is -1.95. The summed E-state index contributed by atoms with van der Waals surface area (Å²) in [7, 11) is 0. The molecule has 59 valence electrons. The standard InChI is InChI=1S/C10H13O/c1-3-4-5-9-8(2)6-7-10(9)11/h3-4,6H,5,7H2,1-2H3. The van der Waals surface area contributed by atoms with Crippen molar-refractivity contribution in [2.24, 2.45) is 0 Å². The van der Waals surface area contributed by atoms with Gasteiger partial charge in [-0.05, 0) is 32.3 Å². The second kappa shape index (κ2) is 3.51. The Morgan fingerprint density at radius 1 is 1.64 bits per heavy atom. The lowest BCUT2D eigenvalue weighted by molar-refractivity contribution is -0.114. The van der Waals surface area contributed by atoms with Gasteiger partial charge in [0.05, 0.1) is 0 Å². The first-order chi connectivity index (χ1) is 5.25. The predicted molar refractivity (Wildman–Crippen MR) is 46.1 cm³/mol. The van der Waals surface area contributed by atoms with Crippen molar-refractivity contribution in [3.63, 3.8) is 0 Å². The molecule has 1 aliphatic carbocycles. The average Bonchev–Trinajstić information content (AvgIpc) is 2.29. The molecule has 0 aromatic heterocycles. The van der Waals surface area contributed by atoms with Gasteiger partial charge in [-0.3, -0.25) is 4.79 Å². The number of hydrogen-bond acceptors (Lipinski definition) is 1. The van der Waals surface area contributed by atoms with Crippen LogP contribution in [0.4, 0.5) is 0 Å². The Labute approximate surface area is 67.8 Å². The van der Waals surface area contributed by atoms with Crippen molar-refractivity contribution in [2.75, 3.05) is 0 Å². The van der Waals surface area contributed by atoms with Crippen molar-refractivity contribution in [1.29, 1.82) is 0 Å². The summed E-state index contributed by atoms with van der Waals surface area (Å²) < 4.78 is 0. The first-order valence-electron chi connectivity index (χ1n) is 3.93. The largest absolute Gasteiger partial charge is 0.295 e. The van der Waals surface area contributed by atoms with Crippen LogP contribution in [0.1, 0.15) is 26.7 Å². The molecule has 0 heterocycles. The third-order valence-corrected chi connectivity index (χ3v) is 1.96. The first-order valence-corrected chi connectivity index (χ1v) is 3.93. The number of hydrogen-bond donors (Lipinski definition) is 0. The summed E-state index contributed by atoms with van der Waals surface area (Å²) in [5.74, 6) is 0.292. The molecule has 1 nitrogen and oxygen atoms in total. The zero-order chi connectivity index (χ0) is 8.27. The highest BCUT2D eigenvalue weighted by Gasteiger charge is 2.18. The van der Waals surface area contributed by atoms with E-state index < -0.39 is 0 Å². The van der Waals surface area contributed by atoms with Crippen molar-refractivity contribution in [2.45, 2.75) is 26.7 Å². The summed E-state index contributed by atoms with van der Waals surface area (Å²) >= 11 is 0. The fraction of sp³-hybridized carbons (Fsp3) is 0.400. The topological polar surface area (TPSA) is 17.1 Å². The van der Waals surface area contributed by atoms with Crippen LogP contribution >= 0.6 is 0 Å². The van der Waals surface area contributed by atoms with Gasteiger partial charge in [0, 0.05) is 6.42 Å². The Bertz CT molecular complexity index is 221. The fourth-order valence-corrected chi connectivity index (χ4v) is 1.22. The van der Waals surface area contributed by atoms with Crippen LogP contribution in [0.2, 0.25) is 0 Å². The van der Waals surface area contributed by atoms with E-state index in [-0.39, 0.29) is 0 Å². The van der Waals surface area contributed by atoms with E-state index in [9.17, 15) is 4.79 Å². The van der Waals surface area contributed by atoms with Crippen LogP contribution in [-0.2, 0) is 4.79 Å². The molecule has 0 aliphatic heterocycles. The highest BCUT2D eigenvalue weighted by Crippen LogP contribution is 2.23. The molecule has 1 heteroatoms. The number of rotatable bonds is 2. The molecule has 1 rings (SSSR count). The number of Topliss-reactive ketones (excluding diaryl/α,β-unsaturated/α-hetero) is 1. The number of ketones is 1. The van der Waals surface area contributed by atoms with Gasteiger partial charge < -0.3 is 0 Å². The Kier molecular flexibility index (Phi) is 2.64. The smallest absolute Gasteiger partial charge is 0.159 e. The zero-order valence-corrected chi connectivity index (χ0v) is 7.05. The molecule has 0 bridgehead atoms. The second-order valence-electron chi connectivity index (χ2n) is 2.77.